The minimum Gasteiger partial charge on any atom is -0.498 e. The highest BCUT2D eigenvalue weighted by Gasteiger charge is 2.61. The molecule has 1 fully saturated rings. The molecule has 4 aliphatic carbocycles. The second kappa shape index (κ2) is 5.48. The topological polar surface area (TPSA) is 53.2 Å². The number of hydrogen-bond donors (Lipinski definition) is 1. The van der Waals surface area contributed by atoms with E-state index in [1.165, 1.54) is 5.57 Å². The number of nitriles is 1. The molecule has 0 aromatic carbocycles. The van der Waals surface area contributed by atoms with Gasteiger partial charge in [0, 0.05) is 17.3 Å². The van der Waals surface area contributed by atoms with Crippen LogP contribution in [0.4, 0.5) is 0 Å². The quantitative estimate of drug-likeness (QED) is 0.588. The molecular weight excluding hydrogens is 310 g/mol. The van der Waals surface area contributed by atoms with Crippen molar-refractivity contribution < 1.29 is 9.84 Å². The lowest BCUT2D eigenvalue weighted by Crippen LogP contribution is -2.49. The lowest BCUT2D eigenvalue weighted by atomic mass is 9.52. The van der Waals surface area contributed by atoms with Gasteiger partial charge in [0.2, 0.25) is 0 Å². The van der Waals surface area contributed by atoms with Crippen LogP contribution >= 0.6 is 0 Å². The number of fused-ring (bicyclic) bond motifs is 5. The van der Waals surface area contributed by atoms with Crippen molar-refractivity contribution in [2.24, 2.45) is 22.7 Å². The van der Waals surface area contributed by atoms with E-state index >= 15 is 0 Å². The molecule has 3 heteroatoms. The Labute approximate surface area is 151 Å². The number of rotatable bonds is 2. The summed E-state index contributed by atoms with van der Waals surface area (Å²) in [4.78, 5) is 0. The van der Waals surface area contributed by atoms with Crippen molar-refractivity contribution in [3.8, 4) is 6.07 Å². The van der Waals surface area contributed by atoms with E-state index in [0.29, 0.717) is 18.3 Å². The molecule has 0 heterocycles. The Kier molecular flexibility index (Phi) is 3.71. The Balaban J connectivity index is 1.72. The van der Waals surface area contributed by atoms with E-state index in [0.717, 1.165) is 44.5 Å². The molecule has 1 saturated carbocycles. The van der Waals surface area contributed by atoms with Crippen molar-refractivity contribution in [3.63, 3.8) is 0 Å². The highest BCUT2D eigenvalue weighted by atomic mass is 16.5. The first-order chi connectivity index (χ1) is 11.9. The lowest BCUT2D eigenvalue weighted by molar-refractivity contribution is -0.0367. The van der Waals surface area contributed by atoms with Crippen LogP contribution < -0.4 is 0 Å². The average Bonchev–Trinajstić information content (AvgIpc) is 2.87. The zero-order valence-corrected chi connectivity index (χ0v) is 15.6. The highest BCUT2D eigenvalue weighted by molar-refractivity contribution is 5.46. The summed E-state index contributed by atoms with van der Waals surface area (Å²) in [6.45, 7) is 7.29. The predicted molar refractivity (Wildman–Crippen MR) is 97.3 cm³/mol. The molecule has 0 saturated heterocycles. The zero-order valence-electron chi connectivity index (χ0n) is 15.6. The van der Waals surface area contributed by atoms with Crippen LogP contribution in [0.5, 0.6) is 0 Å². The SMILES string of the molecule is CCOC1=CC2=CC[C@@H]3C(=CC[C@@]4(C)[C@H]3CC[C@]4(O)C#N)[C@@]2(C)CC1. The number of hydrogen-bond acceptors (Lipinski definition) is 3. The summed E-state index contributed by atoms with van der Waals surface area (Å²) in [6.07, 6.45) is 12.5. The molecule has 0 bridgehead atoms. The van der Waals surface area contributed by atoms with E-state index in [2.05, 4.69) is 38.1 Å². The summed E-state index contributed by atoms with van der Waals surface area (Å²) < 4.78 is 5.77. The zero-order chi connectivity index (χ0) is 17.9. The van der Waals surface area contributed by atoms with Crippen LogP contribution in [0.15, 0.2) is 35.1 Å². The Morgan fingerprint density at radius 1 is 1.32 bits per heavy atom. The van der Waals surface area contributed by atoms with Crippen LogP contribution in [0.2, 0.25) is 0 Å². The van der Waals surface area contributed by atoms with Gasteiger partial charge < -0.3 is 9.84 Å². The maximum atomic E-state index is 10.9. The Morgan fingerprint density at radius 3 is 2.84 bits per heavy atom. The van der Waals surface area contributed by atoms with E-state index in [1.54, 1.807) is 5.57 Å². The summed E-state index contributed by atoms with van der Waals surface area (Å²) in [5.41, 5.74) is 1.58. The standard InChI is InChI=1S/C22H29NO2/c1-4-25-16-7-10-20(2)15(13-16)5-6-17-18(20)8-11-21(3)19(17)9-12-22(21,24)14-23/h5,8,13,17,19,24H,4,6-7,9-12H2,1-3H3/t17-,19+,20+,21+,22+/m1/s1. The maximum absolute atomic E-state index is 10.9. The largest absolute Gasteiger partial charge is 0.498 e. The van der Waals surface area contributed by atoms with Gasteiger partial charge in [-0.3, -0.25) is 0 Å². The molecule has 4 rings (SSSR count). The van der Waals surface area contributed by atoms with Crippen LogP contribution in [-0.4, -0.2) is 17.3 Å². The smallest absolute Gasteiger partial charge is 0.156 e. The highest BCUT2D eigenvalue weighted by Crippen LogP contribution is 2.64. The van der Waals surface area contributed by atoms with Gasteiger partial charge >= 0.3 is 0 Å². The fourth-order valence-electron chi connectivity index (χ4n) is 6.11. The van der Waals surface area contributed by atoms with Crippen molar-refractivity contribution >= 4 is 0 Å². The van der Waals surface area contributed by atoms with E-state index in [-0.39, 0.29) is 10.8 Å². The Bertz CT molecular complexity index is 727. The fraction of sp³-hybridized carbons (Fsp3) is 0.682. The Hall–Kier alpha value is -1.53. The monoisotopic (exact) mass is 339 g/mol. The van der Waals surface area contributed by atoms with Crippen LogP contribution in [0, 0.1) is 34.0 Å². The van der Waals surface area contributed by atoms with Crippen molar-refractivity contribution in [2.75, 3.05) is 6.61 Å². The van der Waals surface area contributed by atoms with Gasteiger partial charge in [-0.2, -0.15) is 5.26 Å². The third-order valence-electron chi connectivity index (χ3n) is 7.78. The molecule has 25 heavy (non-hydrogen) atoms. The average molecular weight is 339 g/mol. The van der Waals surface area contributed by atoms with E-state index in [4.69, 9.17) is 4.74 Å². The van der Waals surface area contributed by atoms with Gasteiger partial charge in [-0.1, -0.05) is 31.6 Å². The van der Waals surface area contributed by atoms with Gasteiger partial charge in [0.25, 0.3) is 0 Å². The first-order valence-corrected chi connectivity index (χ1v) is 9.76. The minimum atomic E-state index is -1.17. The summed E-state index contributed by atoms with van der Waals surface area (Å²) in [5, 5.41) is 20.5. The first-order valence-electron chi connectivity index (χ1n) is 9.76. The van der Waals surface area contributed by atoms with Crippen LogP contribution in [-0.2, 0) is 4.74 Å². The van der Waals surface area contributed by atoms with E-state index in [9.17, 15) is 10.4 Å². The molecule has 134 valence electrons. The molecule has 0 aromatic heterocycles. The molecule has 4 aliphatic rings. The molecule has 0 spiro atoms. The normalized spacial score (nSPS) is 45.2. The first kappa shape index (κ1) is 16.9. The van der Waals surface area contributed by atoms with Gasteiger partial charge in [-0.15, -0.1) is 0 Å². The van der Waals surface area contributed by atoms with Gasteiger partial charge in [-0.25, -0.2) is 0 Å². The Morgan fingerprint density at radius 2 is 2.12 bits per heavy atom. The van der Waals surface area contributed by atoms with Crippen molar-refractivity contribution in [1.82, 2.24) is 0 Å². The summed E-state index contributed by atoms with van der Waals surface area (Å²) in [7, 11) is 0. The van der Waals surface area contributed by atoms with Crippen molar-refractivity contribution in [3.05, 3.63) is 35.1 Å². The van der Waals surface area contributed by atoms with Gasteiger partial charge in [0.1, 0.15) is 0 Å². The number of aliphatic hydroxyl groups is 1. The molecule has 0 aliphatic heterocycles. The summed E-state index contributed by atoms with van der Waals surface area (Å²) in [6, 6.07) is 2.25. The molecule has 1 N–H and O–H groups in total. The van der Waals surface area contributed by atoms with Crippen molar-refractivity contribution in [1.29, 1.82) is 5.26 Å². The van der Waals surface area contributed by atoms with E-state index < -0.39 is 5.60 Å². The van der Waals surface area contributed by atoms with Crippen LogP contribution in [0.1, 0.15) is 59.3 Å². The maximum Gasteiger partial charge on any atom is 0.156 e. The predicted octanol–water partition coefficient (Wildman–Crippen LogP) is 4.65. The molecule has 0 aromatic rings. The summed E-state index contributed by atoms with van der Waals surface area (Å²) in [5.74, 6) is 1.99. The van der Waals surface area contributed by atoms with Crippen LogP contribution in [0.25, 0.3) is 0 Å². The van der Waals surface area contributed by atoms with Crippen molar-refractivity contribution in [2.45, 2.75) is 64.9 Å². The molecule has 5 atom stereocenters. The van der Waals surface area contributed by atoms with Gasteiger partial charge in [-0.05, 0) is 62.5 Å². The second-order valence-electron chi connectivity index (χ2n) is 8.78. The van der Waals surface area contributed by atoms with Gasteiger partial charge in [0.15, 0.2) is 5.60 Å². The second-order valence-corrected chi connectivity index (χ2v) is 8.78. The lowest BCUT2D eigenvalue weighted by Gasteiger charge is -2.52. The number of nitrogens with zero attached hydrogens (tertiary/aromatic N) is 1. The molecule has 0 radical (unpaired) electrons. The van der Waals surface area contributed by atoms with Crippen LogP contribution in [0.3, 0.4) is 0 Å². The minimum absolute atomic E-state index is 0.0954. The van der Waals surface area contributed by atoms with E-state index in [1.807, 2.05) is 6.92 Å². The third-order valence-corrected chi connectivity index (χ3v) is 7.78. The molecule has 0 unspecified atom stereocenters. The number of allylic oxidation sites excluding steroid dienone is 6. The molecule has 3 nitrogen and oxygen atoms in total. The van der Waals surface area contributed by atoms with Gasteiger partial charge in [0.05, 0.1) is 18.4 Å². The fourth-order valence-corrected chi connectivity index (χ4v) is 6.11. The third kappa shape index (κ3) is 2.13. The molecular formula is C22H29NO2. The molecule has 0 amide bonds. The number of ether oxygens (including phenoxy) is 1. The summed E-state index contributed by atoms with van der Waals surface area (Å²) >= 11 is 0.